The summed E-state index contributed by atoms with van der Waals surface area (Å²) in [5.41, 5.74) is 5.30. The second kappa shape index (κ2) is 5.53. The molecule has 0 bridgehead atoms. The van der Waals surface area contributed by atoms with Gasteiger partial charge < -0.3 is 15.9 Å². The first-order valence-corrected chi connectivity index (χ1v) is 5.92. The minimum absolute atomic E-state index is 0.179. The molecule has 4 N–H and O–H groups in total. The molecule has 0 atom stereocenters. The molecule has 6 nitrogen and oxygen atoms in total. The van der Waals surface area contributed by atoms with Crippen LogP contribution >= 0.6 is 11.8 Å². The zero-order valence-corrected chi connectivity index (χ0v) is 10.3. The number of H-pyrrole nitrogens is 1. The Kier molecular flexibility index (Phi) is 3.81. The Morgan fingerprint density at radius 1 is 1.47 bits per heavy atom. The smallest absolute Gasteiger partial charge is 0.251 e. The van der Waals surface area contributed by atoms with Crippen molar-refractivity contribution in [1.29, 1.82) is 0 Å². The van der Waals surface area contributed by atoms with Crippen molar-refractivity contribution in [2.75, 3.05) is 0 Å². The van der Waals surface area contributed by atoms with Gasteiger partial charge in [-0.15, -0.1) is 0 Å². The first kappa shape index (κ1) is 13.1. The Balaban J connectivity index is 2.29. The third-order valence-corrected chi connectivity index (χ3v) is 3.14. The summed E-state index contributed by atoms with van der Waals surface area (Å²) in [4.78, 5) is 17.7. The first-order valence-electron chi connectivity index (χ1n) is 5.11. The number of aromatic amines is 1. The Hall–Kier alpha value is -2.35. The molecule has 98 valence electrons. The van der Waals surface area contributed by atoms with E-state index in [1.807, 2.05) is 0 Å². The molecule has 1 aromatic heterocycles. The summed E-state index contributed by atoms with van der Waals surface area (Å²) in [6.07, 6.45) is 1.34. The standard InChI is InChI=1S/C11H9FN4O2S/c12-7-5-6(10(13)16-18)1-2-8(7)19-11-14-4-3-9(17)15-11/h1-5,18H,(H2,13,16)(H,14,15,17). The van der Waals surface area contributed by atoms with Crippen LogP contribution in [0.4, 0.5) is 4.39 Å². The van der Waals surface area contributed by atoms with Crippen LogP contribution in [0.5, 0.6) is 0 Å². The van der Waals surface area contributed by atoms with Gasteiger partial charge in [0.2, 0.25) is 0 Å². The number of hydrogen-bond donors (Lipinski definition) is 3. The average Bonchev–Trinajstić information content (AvgIpc) is 2.40. The molecule has 0 radical (unpaired) electrons. The predicted molar refractivity (Wildman–Crippen MR) is 67.9 cm³/mol. The van der Waals surface area contributed by atoms with Gasteiger partial charge in [0.15, 0.2) is 11.0 Å². The zero-order valence-electron chi connectivity index (χ0n) is 9.50. The Labute approximate surface area is 111 Å². The second-order valence-electron chi connectivity index (χ2n) is 3.47. The number of aromatic nitrogens is 2. The van der Waals surface area contributed by atoms with Gasteiger partial charge in [0, 0.05) is 17.8 Å². The van der Waals surface area contributed by atoms with Crippen LogP contribution in [0.2, 0.25) is 0 Å². The predicted octanol–water partition coefficient (Wildman–Crippen LogP) is 1.15. The van der Waals surface area contributed by atoms with E-state index in [0.29, 0.717) is 0 Å². The molecule has 0 aliphatic heterocycles. The topological polar surface area (TPSA) is 104 Å². The first-order chi connectivity index (χ1) is 9.10. The van der Waals surface area contributed by atoms with E-state index in [1.54, 1.807) is 0 Å². The van der Waals surface area contributed by atoms with Crippen LogP contribution < -0.4 is 11.3 Å². The lowest BCUT2D eigenvalue weighted by Gasteiger charge is -2.04. The summed E-state index contributed by atoms with van der Waals surface area (Å²) in [6, 6.07) is 5.36. The number of nitrogens with two attached hydrogens (primary N) is 1. The fourth-order valence-corrected chi connectivity index (χ4v) is 2.07. The van der Waals surface area contributed by atoms with Gasteiger partial charge in [-0.2, -0.15) is 0 Å². The SMILES string of the molecule is N/C(=N\O)c1ccc(Sc2nccc(=O)[nH]2)c(F)c1. The summed E-state index contributed by atoms with van der Waals surface area (Å²) in [5, 5.41) is 11.6. The zero-order chi connectivity index (χ0) is 13.8. The van der Waals surface area contributed by atoms with Gasteiger partial charge in [0.1, 0.15) is 5.82 Å². The molecule has 0 fully saturated rings. The third-order valence-electron chi connectivity index (χ3n) is 2.19. The van der Waals surface area contributed by atoms with Crippen molar-refractivity contribution < 1.29 is 9.60 Å². The molecule has 0 spiro atoms. The van der Waals surface area contributed by atoms with Gasteiger partial charge in [-0.05, 0) is 30.0 Å². The molecule has 0 saturated carbocycles. The number of nitrogens with zero attached hydrogens (tertiary/aromatic N) is 2. The van der Waals surface area contributed by atoms with Crippen LogP contribution in [0.1, 0.15) is 5.56 Å². The van der Waals surface area contributed by atoms with Crippen LogP contribution in [-0.2, 0) is 0 Å². The number of rotatable bonds is 3. The Morgan fingerprint density at radius 2 is 2.26 bits per heavy atom. The lowest BCUT2D eigenvalue weighted by molar-refractivity contribution is 0.318. The van der Waals surface area contributed by atoms with E-state index in [0.717, 1.165) is 17.8 Å². The fraction of sp³-hybridized carbons (Fsp3) is 0. The molecule has 0 amide bonds. The summed E-state index contributed by atoms with van der Waals surface area (Å²) < 4.78 is 13.8. The quantitative estimate of drug-likeness (QED) is 0.257. The highest BCUT2D eigenvalue weighted by atomic mass is 32.2. The molecule has 0 aliphatic carbocycles. The maximum atomic E-state index is 13.8. The number of benzene rings is 1. The summed E-state index contributed by atoms with van der Waals surface area (Å²) >= 11 is 0.972. The number of nitrogens with one attached hydrogen (secondary N) is 1. The molecule has 2 aromatic rings. The molecule has 2 rings (SSSR count). The molecular formula is C11H9FN4O2S. The van der Waals surface area contributed by atoms with Gasteiger partial charge in [0.25, 0.3) is 5.56 Å². The van der Waals surface area contributed by atoms with E-state index in [9.17, 15) is 9.18 Å². The van der Waals surface area contributed by atoms with E-state index in [2.05, 4.69) is 15.1 Å². The summed E-state index contributed by atoms with van der Waals surface area (Å²) in [6.45, 7) is 0. The van der Waals surface area contributed by atoms with Crippen LogP contribution in [-0.4, -0.2) is 21.0 Å². The van der Waals surface area contributed by atoms with Gasteiger partial charge in [-0.1, -0.05) is 5.16 Å². The van der Waals surface area contributed by atoms with Gasteiger partial charge in [-0.25, -0.2) is 9.37 Å². The monoisotopic (exact) mass is 280 g/mol. The highest BCUT2D eigenvalue weighted by molar-refractivity contribution is 7.99. The van der Waals surface area contributed by atoms with Crippen LogP contribution in [0, 0.1) is 5.82 Å². The molecule has 0 unspecified atom stereocenters. The molecule has 1 heterocycles. The third kappa shape index (κ3) is 3.10. The summed E-state index contributed by atoms with van der Waals surface area (Å²) in [5.74, 6) is -0.734. The minimum Gasteiger partial charge on any atom is -0.409 e. The van der Waals surface area contributed by atoms with Crippen LogP contribution in [0.3, 0.4) is 0 Å². The van der Waals surface area contributed by atoms with Gasteiger partial charge in [-0.3, -0.25) is 4.79 Å². The molecule has 0 saturated heterocycles. The number of halogens is 1. The highest BCUT2D eigenvalue weighted by Gasteiger charge is 2.09. The Morgan fingerprint density at radius 3 is 2.89 bits per heavy atom. The maximum absolute atomic E-state index is 13.8. The van der Waals surface area contributed by atoms with Crippen molar-refractivity contribution in [2.45, 2.75) is 10.1 Å². The average molecular weight is 280 g/mol. The van der Waals surface area contributed by atoms with Gasteiger partial charge >= 0.3 is 0 Å². The van der Waals surface area contributed by atoms with Crippen molar-refractivity contribution >= 4 is 17.6 Å². The van der Waals surface area contributed by atoms with Crippen LogP contribution in [0.25, 0.3) is 0 Å². The lowest BCUT2D eigenvalue weighted by Crippen LogP contribution is -2.13. The van der Waals surface area contributed by atoms with Crippen molar-refractivity contribution in [2.24, 2.45) is 10.9 Å². The van der Waals surface area contributed by atoms with E-state index >= 15 is 0 Å². The maximum Gasteiger partial charge on any atom is 0.251 e. The number of amidine groups is 1. The minimum atomic E-state index is -0.555. The van der Waals surface area contributed by atoms with Gasteiger partial charge in [0.05, 0.1) is 4.90 Å². The molecule has 19 heavy (non-hydrogen) atoms. The van der Waals surface area contributed by atoms with Crippen molar-refractivity contribution in [1.82, 2.24) is 9.97 Å². The second-order valence-corrected chi connectivity index (χ2v) is 4.50. The van der Waals surface area contributed by atoms with E-state index in [1.165, 1.54) is 24.4 Å². The fourth-order valence-electron chi connectivity index (χ4n) is 1.31. The van der Waals surface area contributed by atoms with Crippen molar-refractivity contribution in [3.8, 4) is 0 Å². The lowest BCUT2D eigenvalue weighted by atomic mass is 10.2. The van der Waals surface area contributed by atoms with Crippen LogP contribution in [0.15, 0.2) is 50.5 Å². The number of oxime groups is 1. The molecule has 8 heteroatoms. The van der Waals surface area contributed by atoms with E-state index in [4.69, 9.17) is 10.9 Å². The summed E-state index contributed by atoms with van der Waals surface area (Å²) in [7, 11) is 0. The van der Waals surface area contributed by atoms with Crippen molar-refractivity contribution in [3.05, 3.63) is 52.2 Å². The Bertz CT molecular complexity index is 686. The van der Waals surface area contributed by atoms with E-state index in [-0.39, 0.29) is 27.0 Å². The highest BCUT2D eigenvalue weighted by Crippen LogP contribution is 2.26. The molecule has 0 aliphatic rings. The number of hydrogen-bond acceptors (Lipinski definition) is 5. The van der Waals surface area contributed by atoms with Crippen molar-refractivity contribution in [3.63, 3.8) is 0 Å². The largest absolute Gasteiger partial charge is 0.409 e. The van der Waals surface area contributed by atoms with E-state index < -0.39 is 5.82 Å². The normalized spacial score (nSPS) is 11.5. The molecule has 1 aromatic carbocycles. The molecular weight excluding hydrogens is 271 g/mol.